The van der Waals surface area contributed by atoms with Gasteiger partial charge in [0.25, 0.3) is 0 Å². The monoisotopic (exact) mass is 476 g/mol. The molecule has 3 atom stereocenters. The van der Waals surface area contributed by atoms with Gasteiger partial charge >= 0.3 is 0 Å². The second kappa shape index (κ2) is 11.2. The van der Waals surface area contributed by atoms with Crippen LogP contribution in [0, 0.1) is 6.92 Å². The highest BCUT2D eigenvalue weighted by Gasteiger charge is 2.54. The average Bonchev–Trinajstić information content (AvgIpc) is 3.10. The minimum absolute atomic E-state index is 0.0177. The summed E-state index contributed by atoms with van der Waals surface area (Å²) in [6.45, 7) is 2.71. The van der Waals surface area contributed by atoms with Gasteiger partial charge in [0.2, 0.25) is 17.7 Å². The van der Waals surface area contributed by atoms with Gasteiger partial charge < -0.3 is 10.1 Å². The predicted molar refractivity (Wildman–Crippen MR) is 135 cm³/mol. The van der Waals surface area contributed by atoms with E-state index in [1.54, 1.807) is 7.11 Å². The lowest BCUT2D eigenvalue weighted by Gasteiger charge is -2.34. The van der Waals surface area contributed by atoms with Gasteiger partial charge in [0.15, 0.2) is 0 Å². The van der Waals surface area contributed by atoms with Crippen LogP contribution in [0.15, 0.2) is 54.6 Å². The summed E-state index contributed by atoms with van der Waals surface area (Å²) in [5, 5.41) is 3.27. The normalized spacial score (nSPS) is 24.6. The van der Waals surface area contributed by atoms with Gasteiger partial charge in [-0.25, -0.2) is 0 Å². The average molecular weight is 477 g/mol. The van der Waals surface area contributed by atoms with E-state index in [0.29, 0.717) is 19.6 Å². The van der Waals surface area contributed by atoms with Crippen molar-refractivity contribution in [3.8, 4) is 0 Å². The van der Waals surface area contributed by atoms with E-state index in [0.717, 1.165) is 36.8 Å². The van der Waals surface area contributed by atoms with E-state index < -0.39 is 5.41 Å². The third-order valence-corrected chi connectivity index (χ3v) is 7.60. The zero-order chi connectivity index (χ0) is 24.8. The van der Waals surface area contributed by atoms with Crippen LogP contribution in [0.4, 0.5) is 0 Å². The molecule has 186 valence electrons. The Kier molecular flexibility index (Phi) is 8.01. The Morgan fingerprint density at radius 1 is 1.06 bits per heavy atom. The van der Waals surface area contributed by atoms with Crippen LogP contribution in [0.3, 0.4) is 0 Å². The van der Waals surface area contributed by atoms with Crippen molar-refractivity contribution < 1.29 is 19.1 Å². The van der Waals surface area contributed by atoms with Crippen LogP contribution >= 0.6 is 0 Å². The van der Waals surface area contributed by atoms with Crippen LogP contribution < -0.4 is 5.32 Å². The fraction of sp³-hybridized carbons (Fsp3) is 0.483. The zero-order valence-electron chi connectivity index (χ0n) is 20.8. The number of methoxy groups -OCH3 is 1. The smallest absolute Gasteiger partial charge is 0.240 e. The predicted octanol–water partition coefficient (Wildman–Crippen LogP) is 4.26. The Balaban J connectivity index is 1.58. The molecule has 2 fully saturated rings. The van der Waals surface area contributed by atoms with Crippen LogP contribution in [-0.2, 0) is 24.5 Å². The summed E-state index contributed by atoms with van der Waals surface area (Å²) in [5.41, 5.74) is 1.75. The molecule has 3 amide bonds. The zero-order valence-corrected chi connectivity index (χ0v) is 20.8. The fourth-order valence-electron chi connectivity index (χ4n) is 5.88. The molecule has 2 aromatic rings. The first kappa shape index (κ1) is 25.1. The number of nitrogens with one attached hydrogen (secondary N) is 1. The van der Waals surface area contributed by atoms with E-state index in [9.17, 15) is 14.4 Å². The van der Waals surface area contributed by atoms with Crippen LogP contribution in [0.1, 0.15) is 67.6 Å². The number of nitrogens with zero attached hydrogens (tertiary/aromatic N) is 1. The Bertz CT molecular complexity index is 1050. The molecule has 1 N–H and O–H groups in total. The number of amides is 3. The number of hydrogen-bond acceptors (Lipinski definition) is 4. The van der Waals surface area contributed by atoms with Crippen molar-refractivity contribution >= 4 is 17.7 Å². The third kappa shape index (κ3) is 5.32. The molecule has 6 nitrogen and oxygen atoms in total. The molecule has 1 saturated heterocycles. The number of aryl methyl sites for hydroxylation is 1. The van der Waals surface area contributed by atoms with Crippen molar-refractivity contribution in [1.29, 1.82) is 0 Å². The highest BCUT2D eigenvalue weighted by atomic mass is 16.5. The summed E-state index contributed by atoms with van der Waals surface area (Å²) >= 11 is 0. The minimum Gasteiger partial charge on any atom is -0.385 e. The number of carbonyl (C=O) groups excluding carboxylic acids is 3. The molecular formula is C29H36N2O4. The molecule has 1 aliphatic heterocycles. The number of ether oxygens (including phenoxy) is 1. The number of likely N-dealkylation sites (tertiary alicyclic amines) is 1. The Hall–Kier alpha value is -2.99. The second-order valence-electron chi connectivity index (χ2n) is 9.92. The van der Waals surface area contributed by atoms with Crippen molar-refractivity contribution in [2.24, 2.45) is 0 Å². The summed E-state index contributed by atoms with van der Waals surface area (Å²) < 4.78 is 5.11. The SMILES string of the molecule is COCCCN1C(=O)C[C@@](CC(=O)N[C@@H]2CCCC[C@H]2c2ccccc2)(c2ccccc2C)C1=O. The molecule has 0 aromatic heterocycles. The van der Waals surface area contributed by atoms with Gasteiger partial charge in [-0.1, -0.05) is 67.4 Å². The molecule has 0 spiro atoms. The highest BCUT2D eigenvalue weighted by Crippen LogP contribution is 2.42. The number of carbonyl (C=O) groups is 3. The standard InChI is InChI=1S/C29H36N2O4/c1-21-11-6-8-15-24(21)29(20-27(33)31(28(29)34)17-10-18-35-2)19-26(32)30-25-16-9-7-14-23(25)22-12-4-3-5-13-22/h3-6,8,11-13,15,23,25H,7,9-10,14,16-20H2,1-2H3,(H,30,32)/t23-,25+,29-/m0/s1. The number of rotatable bonds is 9. The maximum absolute atomic E-state index is 13.8. The third-order valence-electron chi connectivity index (χ3n) is 7.60. The van der Waals surface area contributed by atoms with Crippen LogP contribution in [0.25, 0.3) is 0 Å². The first-order valence-electron chi connectivity index (χ1n) is 12.7. The lowest BCUT2D eigenvalue weighted by Crippen LogP contribution is -2.46. The molecule has 1 saturated carbocycles. The number of hydrogen-bond donors (Lipinski definition) is 1. The van der Waals surface area contributed by atoms with Crippen LogP contribution in [-0.4, -0.2) is 48.9 Å². The Morgan fingerprint density at radius 2 is 1.77 bits per heavy atom. The number of imide groups is 1. The van der Waals surface area contributed by atoms with E-state index in [1.807, 2.05) is 49.4 Å². The van der Waals surface area contributed by atoms with Gasteiger partial charge in [-0.15, -0.1) is 0 Å². The van der Waals surface area contributed by atoms with Gasteiger partial charge in [-0.3, -0.25) is 19.3 Å². The molecule has 4 rings (SSSR count). The molecule has 2 aliphatic rings. The van der Waals surface area contributed by atoms with Gasteiger partial charge in [-0.05, 0) is 42.9 Å². The van der Waals surface area contributed by atoms with Crippen molar-refractivity contribution in [3.63, 3.8) is 0 Å². The van der Waals surface area contributed by atoms with Crippen molar-refractivity contribution in [1.82, 2.24) is 10.2 Å². The van der Waals surface area contributed by atoms with Crippen LogP contribution in [0.2, 0.25) is 0 Å². The van der Waals surface area contributed by atoms with Crippen molar-refractivity contribution in [3.05, 3.63) is 71.3 Å². The second-order valence-corrected chi connectivity index (χ2v) is 9.92. The van der Waals surface area contributed by atoms with E-state index >= 15 is 0 Å². The van der Waals surface area contributed by atoms with Crippen LogP contribution in [0.5, 0.6) is 0 Å². The highest BCUT2D eigenvalue weighted by molar-refractivity contribution is 6.11. The Morgan fingerprint density at radius 3 is 2.51 bits per heavy atom. The lowest BCUT2D eigenvalue weighted by molar-refractivity contribution is -0.141. The first-order valence-corrected chi connectivity index (χ1v) is 12.7. The van der Waals surface area contributed by atoms with Gasteiger partial charge in [-0.2, -0.15) is 0 Å². The fourth-order valence-corrected chi connectivity index (χ4v) is 5.88. The molecule has 2 aromatic carbocycles. The molecule has 6 heteroatoms. The minimum atomic E-state index is -1.17. The lowest BCUT2D eigenvalue weighted by atomic mass is 9.73. The van der Waals surface area contributed by atoms with Crippen molar-refractivity contribution in [2.75, 3.05) is 20.3 Å². The molecule has 0 bridgehead atoms. The number of benzene rings is 2. The summed E-state index contributed by atoms with van der Waals surface area (Å²) in [7, 11) is 1.60. The molecule has 0 radical (unpaired) electrons. The van der Waals surface area contributed by atoms with Crippen molar-refractivity contribution in [2.45, 2.75) is 69.2 Å². The maximum Gasteiger partial charge on any atom is 0.240 e. The van der Waals surface area contributed by atoms with Gasteiger partial charge in [0.05, 0.1) is 5.41 Å². The van der Waals surface area contributed by atoms with Gasteiger partial charge in [0, 0.05) is 45.1 Å². The van der Waals surface area contributed by atoms with E-state index in [2.05, 4.69) is 17.4 Å². The van der Waals surface area contributed by atoms with E-state index in [1.165, 1.54) is 10.5 Å². The topological polar surface area (TPSA) is 75.7 Å². The van der Waals surface area contributed by atoms with E-state index in [-0.39, 0.29) is 42.5 Å². The summed E-state index contributed by atoms with van der Waals surface area (Å²) in [4.78, 5) is 41.7. The molecule has 35 heavy (non-hydrogen) atoms. The van der Waals surface area contributed by atoms with Gasteiger partial charge in [0.1, 0.15) is 0 Å². The van der Waals surface area contributed by atoms with E-state index in [4.69, 9.17) is 4.74 Å². The molecule has 0 unspecified atom stereocenters. The molecular weight excluding hydrogens is 440 g/mol. The summed E-state index contributed by atoms with van der Waals surface area (Å²) in [6.07, 6.45) is 4.72. The molecule has 1 aliphatic carbocycles. The summed E-state index contributed by atoms with van der Waals surface area (Å²) in [5.74, 6) is -0.399. The largest absolute Gasteiger partial charge is 0.385 e. The molecule has 1 heterocycles. The maximum atomic E-state index is 13.8. The Labute approximate surface area is 208 Å². The first-order chi connectivity index (χ1) is 17.0. The summed E-state index contributed by atoms with van der Waals surface area (Å²) in [6, 6.07) is 18.0. The quantitative estimate of drug-likeness (QED) is 0.433.